The summed E-state index contributed by atoms with van der Waals surface area (Å²) >= 11 is 0. The van der Waals surface area contributed by atoms with Crippen molar-refractivity contribution >= 4 is 17.6 Å². The Labute approximate surface area is 199 Å². The summed E-state index contributed by atoms with van der Waals surface area (Å²) in [6, 6.07) is 5.65. The number of nitrogens with zero attached hydrogens (tertiary/aromatic N) is 2. The van der Waals surface area contributed by atoms with E-state index in [4.69, 9.17) is 9.72 Å². The first-order valence-electron chi connectivity index (χ1n) is 11.0. The van der Waals surface area contributed by atoms with Crippen LogP contribution in [0.3, 0.4) is 0 Å². The fraction of sp³-hybridized carbons (Fsp3) is 0.423. The van der Waals surface area contributed by atoms with Gasteiger partial charge in [0.1, 0.15) is 11.6 Å². The highest BCUT2D eigenvalue weighted by atomic mass is 19.1. The first-order valence-corrected chi connectivity index (χ1v) is 11.0. The third kappa shape index (κ3) is 5.18. The van der Waals surface area contributed by atoms with Crippen LogP contribution in [0, 0.1) is 5.82 Å². The summed E-state index contributed by atoms with van der Waals surface area (Å²) in [6.07, 6.45) is -0.439. The molecule has 0 fully saturated rings. The largest absolute Gasteiger partial charge is 0.480 e. The number of hydrogen-bond donors (Lipinski definition) is 2. The van der Waals surface area contributed by atoms with E-state index in [0.29, 0.717) is 28.2 Å². The Kier molecular flexibility index (Phi) is 8.69. The van der Waals surface area contributed by atoms with E-state index in [0.717, 1.165) is 0 Å². The fourth-order valence-corrected chi connectivity index (χ4v) is 3.98. The number of methoxy groups -OCH3 is 1. The minimum absolute atomic E-state index is 0.0811. The van der Waals surface area contributed by atoms with Crippen LogP contribution < -0.4 is 4.90 Å². The number of rotatable bonds is 11. The quantitative estimate of drug-likeness (QED) is 0.376. The van der Waals surface area contributed by atoms with Crippen molar-refractivity contribution in [2.24, 2.45) is 0 Å². The lowest BCUT2D eigenvalue weighted by molar-refractivity contribution is -0.148. The molecule has 184 valence electrons. The molecular weight excluding hydrogens is 439 g/mol. The number of aliphatic hydroxyl groups excluding tert-OH is 1. The van der Waals surface area contributed by atoms with E-state index in [1.807, 2.05) is 27.9 Å². The van der Waals surface area contributed by atoms with E-state index in [1.165, 1.54) is 32.2 Å². The molecule has 1 aromatic heterocycles. The van der Waals surface area contributed by atoms with Gasteiger partial charge in [-0.3, -0.25) is 9.59 Å². The molecule has 0 aliphatic heterocycles. The molecule has 0 spiro atoms. The molecule has 1 aromatic carbocycles. The van der Waals surface area contributed by atoms with Gasteiger partial charge in [0, 0.05) is 38.8 Å². The summed E-state index contributed by atoms with van der Waals surface area (Å²) in [5.41, 5.74) is 0.141. The van der Waals surface area contributed by atoms with Gasteiger partial charge in [0.25, 0.3) is 0 Å². The zero-order chi connectivity index (χ0) is 25.8. The maximum absolute atomic E-state index is 13.8. The predicted molar refractivity (Wildman–Crippen MR) is 130 cm³/mol. The lowest BCUT2D eigenvalue weighted by Gasteiger charge is -2.33. The smallest absolute Gasteiger partial charge is 0.321 e. The second-order valence-electron chi connectivity index (χ2n) is 8.90. The van der Waals surface area contributed by atoms with E-state index in [2.05, 4.69) is 6.58 Å². The van der Waals surface area contributed by atoms with E-state index in [1.54, 1.807) is 17.0 Å². The van der Waals surface area contributed by atoms with Crippen LogP contribution in [0.1, 0.15) is 49.9 Å². The number of ketones is 1. The van der Waals surface area contributed by atoms with Gasteiger partial charge in [-0.15, -0.1) is 6.58 Å². The van der Waals surface area contributed by atoms with Gasteiger partial charge in [0.15, 0.2) is 11.2 Å². The Bertz CT molecular complexity index is 1070. The van der Waals surface area contributed by atoms with Crippen molar-refractivity contribution < 1.29 is 28.9 Å². The van der Waals surface area contributed by atoms with Crippen molar-refractivity contribution in [3.63, 3.8) is 0 Å². The minimum Gasteiger partial charge on any atom is -0.480 e. The number of aromatic nitrogens is 1. The molecule has 0 saturated carbocycles. The van der Waals surface area contributed by atoms with Crippen LogP contribution in [0.15, 0.2) is 36.9 Å². The molecule has 2 rings (SSSR count). The number of anilines is 1. The maximum Gasteiger partial charge on any atom is 0.321 e. The van der Waals surface area contributed by atoms with Crippen molar-refractivity contribution in [3.05, 3.63) is 59.6 Å². The molecule has 0 saturated heterocycles. The molecule has 1 heterocycles. The van der Waals surface area contributed by atoms with Crippen molar-refractivity contribution in [1.29, 1.82) is 0 Å². The number of carbonyl (C=O) groups is 2. The zero-order valence-electron chi connectivity index (χ0n) is 20.6. The number of ether oxygens (including phenoxy) is 1. The lowest BCUT2D eigenvalue weighted by atomic mass is 9.70. The molecule has 2 atom stereocenters. The highest BCUT2D eigenvalue weighted by molar-refractivity contribution is 6.10. The topological polar surface area (TPSA) is 100.0 Å². The number of halogens is 1. The van der Waals surface area contributed by atoms with Gasteiger partial charge >= 0.3 is 5.97 Å². The number of carbonyl (C=O) groups excluding carboxylic acids is 1. The maximum atomic E-state index is 13.8. The first kappa shape index (κ1) is 27.1. The molecular formula is C26H33FN2O5. The SMILES string of the molecule is C=CC(O)CC(=O)C(C)(C(=O)O)c1c(C(C)C)nc(N(C)C)c(COC)c1-c1ccc(F)cc1. The minimum atomic E-state index is -2.05. The molecule has 8 heteroatoms. The molecule has 0 aliphatic carbocycles. The number of carboxylic acids is 1. The first-order chi connectivity index (χ1) is 15.9. The third-order valence-corrected chi connectivity index (χ3v) is 5.85. The number of aliphatic hydroxyl groups is 1. The zero-order valence-corrected chi connectivity index (χ0v) is 20.6. The highest BCUT2D eigenvalue weighted by Gasteiger charge is 2.48. The average Bonchev–Trinajstić information content (AvgIpc) is 2.78. The van der Waals surface area contributed by atoms with Crippen LogP contribution >= 0.6 is 0 Å². The molecule has 7 nitrogen and oxygen atoms in total. The Balaban J connectivity index is 3.13. The van der Waals surface area contributed by atoms with Gasteiger partial charge in [-0.25, -0.2) is 9.37 Å². The van der Waals surface area contributed by atoms with Gasteiger partial charge < -0.3 is 19.8 Å². The second-order valence-corrected chi connectivity index (χ2v) is 8.90. The normalized spacial score (nSPS) is 13.9. The fourth-order valence-electron chi connectivity index (χ4n) is 3.98. The van der Waals surface area contributed by atoms with Gasteiger partial charge in [-0.1, -0.05) is 32.1 Å². The number of aliphatic carboxylic acids is 1. The van der Waals surface area contributed by atoms with Gasteiger partial charge in [-0.2, -0.15) is 0 Å². The van der Waals surface area contributed by atoms with Crippen LogP contribution in [0.25, 0.3) is 11.1 Å². The molecule has 0 radical (unpaired) electrons. The van der Waals surface area contributed by atoms with Crippen molar-refractivity contribution in [3.8, 4) is 11.1 Å². The summed E-state index contributed by atoms with van der Waals surface area (Å²) in [4.78, 5) is 32.8. The van der Waals surface area contributed by atoms with Gasteiger partial charge in [-0.05, 0) is 36.1 Å². The molecule has 2 unspecified atom stereocenters. The Morgan fingerprint density at radius 1 is 1.26 bits per heavy atom. The van der Waals surface area contributed by atoms with Crippen LogP contribution in [0.2, 0.25) is 0 Å². The van der Waals surface area contributed by atoms with Crippen LogP contribution in [0.5, 0.6) is 0 Å². The summed E-state index contributed by atoms with van der Waals surface area (Å²) in [5, 5.41) is 20.5. The number of pyridine rings is 1. The van der Waals surface area contributed by atoms with E-state index < -0.39 is 35.5 Å². The van der Waals surface area contributed by atoms with Crippen molar-refractivity contribution in [2.45, 2.75) is 51.2 Å². The van der Waals surface area contributed by atoms with Crippen LogP contribution in [-0.4, -0.2) is 54.3 Å². The second kappa shape index (κ2) is 10.9. The molecule has 0 bridgehead atoms. The predicted octanol–water partition coefficient (Wildman–Crippen LogP) is 4.07. The molecule has 34 heavy (non-hydrogen) atoms. The summed E-state index contributed by atoms with van der Waals surface area (Å²) in [5.74, 6) is -2.21. The Morgan fingerprint density at radius 2 is 1.85 bits per heavy atom. The van der Waals surface area contributed by atoms with Gasteiger partial charge in [0.05, 0.1) is 18.4 Å². The number of carboxylic acid groups (broad SMARTS) is 1. The van der Waals surface area contributed by atoms with Crippen LogP contribution in [-0.2, 0) is 26.3 Å². The Hall–Kier alpha value is -3.10. The summed E-state index contributed by atoms with van der Waals surface area (Å²) < 4.78 is 19.3. The summed E-state index contributed by atoms with van der Waals surface area (Å²) in [6.45, 7) is 8.62. The number of hydrogen-bond acceptors (Lipinski definition) is 6. The van der Waals surface area contributed by atoms with Crippen molar-refractivity contribution in [2.75, 3.05) is 26.1 Å². The van der Waals surface area contributed by atoms with Crippen molar-refractivity contribution in [1.82, 2.24) is 4.98 Å². The molecule has 2 N–H and O–H groups in total. The van der Waals surface area contributed by atoms with E-state index >= 15 is 0 Å². The van der Waals surface area contributed by atoms with Crippen LogP contribution in [0.4, 0.5) is 10.2 Å². The molecule has 0 aliphatic rings. The lowest BCUT2D eigenvalue weighted by Crippen LogP contribution is -2.44. The number of Topliss-reactive ketones (excluding diaryl/α,β-unsaturated/α-hetero) is 1. The average molecular weight is 473 g/mol. The van der Waals surface area contributed by atoms with E-state index in [9.17, 15) is 24.2 Å². The Morgan fingerprint density at radius 3 is 2.29 bits per heavy atom. The molecule has 0 amide bonds. The monoisotopic (exact) mass is 472 g/mol. The number of benzene rings is 1. The van der Waals surface area contributed by atoms with E-state index in [-0.39, 0.29) is 18.1 Å². The standard InChI is InChI=1S/C26H33FN2O5/c1-8-18(30)13-20(31)26(4,25(32)33)22-21(16-9-11-17(27)12-10-16)19(14-34-7)24(29(5)6)28-23(22)15(2)3/h8-12,15,18,30H,1,13-14H2,2-7H3,(H,32,33). The van der Waals surface area contributed by atoms with Gasteiger partial charge in [0.2, 0.25) is 0 Å². The third-order valence-electron chi connectivity index (χ3n) is 5.85. The summed E-state index contributed by atoms with van der Waals surface area (Å²) in [7, 11) is 5.12. The molecule has 2 aromatic rings. The highest BCUT2D eigenvalue weighted by Crippen LogP contribution is 2.44.